The molecule has 0 aliphatic rings. The van der Waals surface area contributed by atoms with E-state index in [4.69, 9.17) is 0 Å². The van der Waals surface area contributed by atoms with E-state index in [9.17, 15) is 0 Å². The van der Waals surface area contributed by atoms with Crippen LogP contribution in [0.15, 0.2) is 24.4 Å². The molecule has 0 aliphatic heterocycles. The van der Waals surface area contributed by atoms with E-state index < -0.39 is 0 Å². The van der Waals surface area contributed by atoms with Crippen LogP contribution in [0.3, 0.4) is 0 Å². The van der Waals surface area contributed by atoms with Gasteiger partial charge in [-0.05, 0) is 12.7 Å². The Kier molecular flexibility index (Phi) is 2.38. The number of nitrogens with zero attached hydrogens (tertiary/aromatic N) is 2. The van der Waals surface area contributed by atoms with Crippen LogP contribution in [0.1, 0.15) is 0 Å². The normalized spacial score (nSPS) is 9.55. The van der Waals surface area contributed by atoms with Gasteiger partial charge in [-0.25, -0.2) is 0 Å². The molecule has 0 fully saturated rings. The Hall–Kier alpha value is -0.713. The van der Waals surface area contributed by atoms with Crippen molar-refractivity contribution in [2.24, 2.45) is 7.05 Å². The van der Waals surface area contributed by atoms with E-state index in [1.807, 2.05) is 29.8 Å². The monoisotopic (exact) mass is 138 g/mol. The first-order chi connectivity index (χ1) is 4.88. The van der Waals surface area contributed by atoms with E-state index in [1.54, 1.807) is 6.20 Å². The fourth-order valence-electron chi connectivity index (χ4n) is 1.03. The van der Waals surface area contributed by atoms with Gasteiger partial charge in [-0.3, -0.25) is 0 Å². The quantitative estimate of drug-likeness (QED) is 0.316. The van der Waals surface area contributed by atoms with Gasteiger partial charge < -0.3 is 9.55 Å². The van der Waals surface area contributed by atoms with E-state index in [1.165, 1.54) is 0 Å². The van der Waals surface area contributed by atoms with Gasteiger partial charge in [0.25, 0.3) is 0 Å². The summed E-state index contributed by atoms with van der Waals surface area (Å²) in [7, 11) is 1.94. The van der Waals surface area contributed by atoms with Gasteiger partial charge in [0, 0.05) is 6.20 Å². The molecule has 0 saturated carbocycles. The summed E-state index contributed by atoms with van der Waals surface area (Å²) in [4.78, 5) is 4.17. The number of pyridine rings is 1. The molecular formula is C8H7LiN2. The molecule has 0 unspecified atom stereocenters. The Morgan fingerprint density at radius 3 is 3.09 bits per heavy atom. The average Bonchev–Trinajstić information content (AvgIpc) is 2.34. The summed E-state index contributed by atoms with van der Waals surface area (Å²) < 4.78 is 1.88. The summed E-state index contributed by atoms with van der Waals surface area (Å²) in [6.45, 7) is 0. The second-order valence-electron chi connectivity index (χ2n) is 2.25. The van der Waals surface area contributed by atoms with Crippen LogP contribution in [0, 0.1) is 6.20 Å². The van der Waals surface area contributed by atoms with Crippen molar-refractivity contribution in [3.05, 3.63) is 30.6 Å². The van der Waals surface area contributed by atoms with Gasteiger partial charge in [-0.2, -0.15) is 6.07 Å². The Morgan fingerprint density at radius 1 is 1.55 bits per heavy atom. The van der Waals surface area contributed by atoms with Gasteiger partial charge >= 0.3 is 18.9 Å². The van der Waals surface area contributed by atoms with E-state index in [2.05, 4.69) is 11.2 Å². The van der Waals surface area contributed by atoms with Crippen LogP contribution >= 0.6 is 0 Å². The first-order valence-corrected chi connectivity index (χ1v) is 3.16. The topological polar surface area (TPSA) is 17.8 Å². The zero-order valence-electron chi connectivity index (χ0n) is 6.70. The number of fused-ring (bicyclic) bond motifs is 1. The summed E-state index contributed by atoms with van der Waals surface area (Å²) in [5.41, 5.74) is 0.988. The van der Waals surface area contributed by atoms with Crippen molar-refractivity contribution in [3.63, 3.8) is 0 Å². The van der Waals surface area contributed by atoms with Gasteiger partial charge in [0.2, 0.25) is 0 Å². The number of aryl methyl sites for hydroxylation is 1. The molecule has 3 heteroatoms. The molecule has 0 atom stereocenters. The van der Waals surface area contributed by atoms with Crippen molar-refractivity contribution in [2.75, 3.05) is 0 Å². The van der Waals surface area contributed by atoms with Crippen LogP contribution < -0.4 is 18.9 Å². The largest absolute Gasteiger partial charge is 1.00 e. The maximum absolute atomic E-state index is 4.17. The molecule has 2 nitrogen and oxygen atoms in total. The molecule has 0 N–H and O–H groups in total. The smallest absolute Gasteiger partial charge is 0.452 e. The first kappa shape index (κ1) is 8.38. The summed E-state index contributed by atoms with van der Waals surface area (Å²) in [5.74, 6) is 0. The summed E-state index contributed by atoms with van der Waals surface area (Å²) in [5, 5.41) is 1.14. The Labute approximate surface area is 77.4 Å². The zero-order valence-corrected chi connectivity index (χ0v) is 6.70. The average molecular weight is 138 g/mol. The fourth-order valence-corrected chi connectivity index (χ4v) is 1.03. The van der Waals surface area contributed by atoms with Gasteiger partial charge in [0.05, 0.1) is 0 Å². The third-order valence-electron chi connectivity index (χ3n) is 1.55. The first-order valence-electron chi connectivity index (χ1n) is 3.16. The van der Waals surface area contributed by atoms with E-state index in [-0.39, 0.29) is 18.9 Å². The number of rotatable bonds is 0. The predicted molar refractivity (Wildman–Crippen MR) is 39.6 cm³/mol. The van der Waals surface area contributed by atoms with Crippen LogP contribution in [0.5, 0.6) is 0 Å². The number of aromatic nitrogens is 2. The minimum atomic E-state index is 0. The molecule has 0 spiro atoms. The van der Waals surface area contributed by atoms with Gasteiger partial charge in [0.15, 0.2) is 0 Å². The van der Waals surface area contributed by atoms with Crippen molar-refractivity contribution in [1.82, 2.24) is 9.55 Å². The van der Waals surface area contributed by atoms with Gasteiger partial charge in [-0.15, -0.1) is 17.6 Å². The van der Waals surface area contributed by atoms with Gasteiger partial charge in [-0.1, -0.05) is 6.07 Å². The maximum Gasteiger partial charge on any atom is 1.00 e. The fraction of sp³-hybridized carbons (Fsp3) is 0.125. The molecule has 2 aromatic heterocycles. The molecule has 0 radical (unpaired) electrons. The van der Waals surface area contributed by atoms with Crippen molar-refractivity contribution in [3.8, 4) is 0 Å². The van der Waals surface area contributed by atoms with Crippen LogP contribution in [0.2, 0.25) is 0 Å². The van der Waals surface area contributed by atoms with Gasteiger partial charge in [0.1, 0.15) is 0 Å². The molecule has 11 heavy (non-hydrogen) atoms. The van der Waals surface area contributed by atoms with Crippen LogP contribution in [-0.2, 0) is 7.05 Å². The van der Waals surface area contributed by atoms with Crippen LogP contribution in [0.25, 0.3) is 11.0 Å². The Morgan fingerprint density at radius 2 is 2.36 bits per heavy atom. The van der Waals surface area contributed by atoms with Crippen molar-refractivity contribution < 1.29 is 18.9 Å². The minimum Gasteiger partial charge on any atom is -0.452 e. The minimum absolute atomic E-state index is 0. The molecule has 0 saturated heterocycles. The maximum atomic E-state index is 4.17. The van der Waals surface area contributed by atoms with E-state index in [0.717, 1.165) is 11.0 Å². The molecule has 2 heterocycles. The zero-order chi connectivity index (χ0) is 6.97. The second kappa shape index (κ2) is 3.12. The van der Waals surface area contributed by atoms with Crippen molar-refractivity contribution >= 4 is 11.0 Å². The molecule has 0 bridgehead atoms. The van der Waals surface area contributed by atoms with E-state index >= 15 is 0 Å². The Balaban J connectivity index is 0.000000605. The Bertz CT molecular complexity index is 354. The molecular weight excluding hydrogens is 131 g/mol. The predicted octanol–water partition coefficient (Wildman–Crippen LogP) is -1.62. The SMILES string of the molecule is Cn1[c-]cc2cccnc21.[Li+]. The number of hydrogen-bond donors (Lipinski definition) is 0. The molecule has 0 aromatic carbocycles. The molecule has 2 rings (SSSR count). The molecule has 2 aromatic rings. The standard InChI is InChI=1S/C8H7N2.Li/c1-10-6-4-7-3-2-5-9-8(7)10;/h2-5H,1H3;/q-1;+1. The number of hydrogen-bond acceptors (Lipinski definition) is 1. The molecule has 0 amide bonds. The third kappa shape index (κ3) is 1.33. The van der Waals surface area contributed by atoms with E-state index in [0.29, 0.717) is 0 Å². The van der Waals surface area contributed by atoms with Crippen LogP contribution in [-0.4, -0.2) is 9.55 Å². The van der Waals surface area contributed by atoms with Crippen molar-refractivity contribution in [2.45, 2.75) is 0 Å². The molecule has 50 valence electrons. The molecule has 0 aliphatic carbocycles. The van der Waals surface area contributed by atoms with Crippen LogP contribution in [0.4, 0.5) is 0 Å². The third-order valence-corrected chi connectivity index (χ3v) is 1.55. The summed E-state index contributed by atoms with van der Waals surface area (Å²) in [6, 6.07) is 5.89. The second-order valence-corrected chi connectivity index (χ2v) is 2.25. The van der Waals surface area contributed by atoms with Crippen molar-refractivity contribution in [1.29, 1.82) is 0 Å². The summed E-state index contributed by atoms with van der Waals surface area (Å²) >= 11 is 0. The summed E-state index contributed by atoms with van der Waals surface area (Å²) in [6.07, 6.45) is 4.82.